The van der Waals surface area contributed by atoms with Crippen LogP contribution in [0.15, 0.2) is 30.6 Å². The summed E-state index contributed by atoms with van der Waals surface area (Å²) in [5, 5.41) is 4.22. The highest BCUT2D eigenvalue weighted by molar-refractivity contribution is 6.05. The average Bonchev–Trinajstić information content (AvgIpc) is 2.96. The van der Waals surface area contributed by atoms with E-state index in [4.69, 9.17) is 0 Å². The van der Waals surface area contributed by atoms with E-state index in [1.807, 2.05) is 18.5 Å². The fraction of sp³-hybridized carbons (Fsp3) is 0.231. The number of carbonyl (C=O) groups excluding carboxylic acids is 1. The largest absolute Gasteiger partial charge is 0.359 e. The maximum absolute atomic E-state index is 11.7. The molecule has 0 aliphatic carbocycles. The second-order valence-electron chi connectivity index (χ2n) is 3.78. The van der Waals surface area contributed by atoms with Crippen molar-refractivity contribution in [2.75, 3.05) is 0 Å². The first-order chi connectivity index (χ1) is 8.22. The molecule has 0 aliphatic heterocycles. The number of nitrogens with zero attached hydrogens (tertiary/aromatic N) is 2. The van der Waals surface area contributed by atoms with Gasteiger partial charge in [0.1, 0.15) is 0 Å². The van der Waals surface area contributed by atoms with E-state index in [0.29, 0.717) is 5.69 Å². The molecule has 2 aromatic rings. The summed E-state index contributed by atoms with van der Waals surface area (Å²) in [5.74, 6) is -0.0290. The van der Waals surface area contributed by atoms with E-state index in [9.17, 15) is 4.79 Å². The highest BCUT2D eigenvalue weighted by atomic mass is 16.1. The lowest BCUT2D eigenvalue weighted by molar-refractivity contribution is 0.104. The minimum atomic E-state index is -0.0290. The number of allylic oxidation sites excluding steroid dienone is 1. The number of aromatic nitrogens is 3. The molecule has 0 bridgehead atoms. The third kappa shape index (κ3) is 2.36. The number of carbonyl (C=O) groups is 1. The van der Waals surface area contributed by atoms with Gasteiger partial charge in [0.2, 0.25) is 5.78 Å². The summed E-state index contributed by atoms with van der Waals surface area (Å²) in [6.07, 6.45) is 6.88. The van der Waals surface area contributed by atoms with Gasteiger partial charge in [-0.3, -0.25) is 9.48 Å². The van der Waals surface area contributed by atoms with Crippen LogP contribution in [0.1, 0.15) is 28.7 Å². The topological polar surface area (TPSA) is 50.7 Å². The van der Waals surface area contributed by atoms with Crippen LogP contribution in [0.2, 0.25) is 0 Å². The zero-order valence-electron chi connectivity index (χ0n) is 9.97. The number of nitrogens with one attached hydrogen (secondary N) is 1. The molecule has 0 radical (unpaired) electrons. The highest BCUT2D eigenvalue weighted by Crippen LogP contribution is 2.10. The van der Waals surface area contributed by atoms with Gasteiger partial charge in [0, 0.05) is 24.0 Å². The Morgan fingerprint density at radius 2 is 2.41 bits per heavy atom. The second kappa shape index (κ2) is 4.82. The second-order valence-corrected chi connectivity index (χ2v) is 3.78. The summed E-state index contributed by atoms with van der Waals surface area (Å²) >= 11 is 0. The molecule has 4 nitrogen and oxygen atoms in total. The molecule has 2 rings (SSSR count). The van der Waals surface area contributed by atoms with Gasteiger partial charge >= 0.3 is 0 Å². The van der Waals surface area contributed by atoms with Gasteiger partial charge in [0.05, 0.1) is 11.9 Å². The van der Waals surface area contributed by atoms with Gasteiger partial charge in [-0.2, -0.15) is 5.10 Å². The Hall–Kier alpha value is -2.10. The molecule has 0 atom stereocenters. The SMILES string of the molecule is CCn1ncc(C=CC(=O)c2ccc[nH]2)c1C. The zero-order chi connectivity index (χ0) is 12.3. The quantitative estimate of drug-likeness (QED) is 0.646. The van der Waals surface area contributed by atoms with Crippen molar-refractivity contribution in [3.8, 4) is 0 Å². The van der Waals surface area contributed by atoms with Crippen LogP contribution in [0.3, 0.4) is 0 Å². The summed E-state index contributed by atoms with van der Waals surface area (Å²) < 4.78 is 1.90. The van der Waals surface area contributed by atoms with Crippen LogP contribution in [-0.2, 0) is 6.54 Å². The normalized spacial score (nSPS) is 11.2. The molecule has 1 N–H and O–H groups in total. The molecule has 2 heterocycles. The van der Waals surface area contributed by atoms with Crippen LogP contribution in [0.5, 0.6) is 0 Å². The van der Waals surface area contributed by atoms with Crippen molar-refractivity contribution in [3.05, 3.63) is 47.6 Å². The maximum atomic E-state index is 11.7. The van der Waals surface area contributed by atoms with Crippen LogP contribution in [0.4, 0.5) is 0 Å². The van der Waals surface area contributed by atoms with Gasteiger partial charge in [-0.25, -0.2) is 0 Å². The first-order valence-electron chi connectivity index (χ1n) is 5.60. The predicted molar refractivity (Wildman–Crippen MR) is 66.8 cm³/mol. The predicted octanol–water partition coefficient (Wildman–Crippen LogP) is 2.44. The molecule has 0 fully saturated rings. The Morgan fingerprint density at radius 3 is 3.00 bits per heavy atom. The smallest absolute Gasteiger partial charge is 0.201 e. The number of rotatable bonds is 4. The summed E-state index contributed by atoms with van der Waals surface area (Å²) in [6, 6.07) is 3.57. The van der Waals surface area contributed by atoms with Crippen molar-refractivity contribution < 1.29 is 4.79 Å². The fourth-order valence-corrected chi connectivity index (χ4v) is 1.68. The van der Waals surface area contributed by atoms with E-state index < -0.39 is 0 Å². The Labute approximate surface area is 100.0 Å². The van der Waals surface area contributed by atoms with E-state index in [-0.39, 0.29) is 5.78 Å². The Bertz CT molecular complexity index is 535. The first kappa shape index (κ1) is 11.4. The van der Waals surface area contributed by atoms with Gasteiger partial charge in [-0.1, -0.05) is 0 Å². The molecule has 0 spiro atoms. The van der Waals surface area contributed by atoms with E-state index in [1.54, 1.807) is 36.7 Å². The molecular weight excluding hydrogens is 214 g/mol. The van der Waals surface area contributed by atoms with Crippen LogP contribution in [0, 0.1) is 6.92 Å². The summed E-state index contributed by atoms with van der Waals surface area (Å²) in [5.41, 5.74) is 2.65. The monoisotopic (exact) mass is 229 g/mol. The Balaban J connectivity index is 2.15. The lowest BCUT2D eigenvalue weighted by Gasteiger charge is -1.98. The number of H-pyrrole nitrogens is 1. The van der Waals surface area contributed by atoms with Crippen molar-refractivity contribution >= 4 is 11.9 Å². The van der Waals surface area contributed by atoms with Crippen LogP contribution >= 0.6 is 0 Å². The molecule has 0 unspecified atom stereocenters. The van der Waals surface area contributed by atoms with E-state index >= 15 is 0 Å². The standard InChI is InChI=1S/C13H15N3O/c1-3-16-10(2)11(9-15-16)6-7-13(17)12-5-4-8-14-12/h4-9,14H,3H2,1-2H3. The van der Waals surface area contributed by atoms with Gasteiger partial charge in [-0.15, -0.1) is 0 Å². The molecule has 17 heavy (non-hydrogen) atoms. The lowest BCUT2D eigenvalue weighted by atomic mass is 10.2. The molecular formula is C13H15N3O. The number of hydrogen-bond donors (Lipinski definition) is 1. The van der Waals surface area contributed by atoms with E-state index in [2.05, 4.69) is 10.1 Å². The van der Waals surface area contributed by atoms with Gasteiger partial charge in [0.15, 0.2) is 0 Å². The van der Waals surface area contributed by atoms with E-state index in [1.165, 1.54) is 0 Å². The average molecular weight is 229 g/mol. The molecule has 88 valence electrons. The zero-order valence-corrected chi connectivity index (χ0v) is 9.97. The van der Waals surface area contributed by atoms with Crippen LogP contribution < -0.4 is 0 Å². The number of aromatic amines is 1. The number of hydrogen-bond acceptors (Lipinski definition) is 2. The van der Waals surface area contributed by atoms with Gasteiger partial charge in [-0.05, 0) is 38.1 Å². The van der Waals surface area contributed by atoms with Crippen molar-refractivity contribution in [2.24, 2.45) is 0 Å². The third-order valence-electron chi connectivity index (χ3n) is 2.72. The first-order valence-corrected chi connectivity index (χ1v) is 5.60. The summed E-state index contributed by atoms with van der Waals surface area (Å²) in [6.45, 7) is 4.87. The van der Waals surface area contributed by atoms with Crippen molar-refractivity contribution in [2.45, 2.75) is 20.4 Å². The van der Waals surface area contributed by atoms with Gasteiger partial charge in [0.25, 0.3) is 0 Å². The Morgan fingerprint density at radius 1 is 1.59 bits per heavy atom. The summed E-state index contributed by atoms with van der Waals surface area (Å²) in [4.78, 5) is 14.6. The van der Waals surface area contributed by atoms with Crippen molar-refractivity contribution in [1.29, 1.82) is 0 Å². The molecule has 0 amide bonds. The van der Waals surface area contributed by atoms with E-state index in [0.717, 1.165) is 17.8 Å². The third-order valence-corrected chi connectivity index (χ3v) is 2.72. The van der Waals surface area contributed by atoms with Crippen molar-refractivity contribution in [1.82, 2.24) is 14.8 Å². The van der Waals surface area contributed by atoms with Crippen LogP contribution in [0.25, 0.3) is 6.08 Å². The molecule has 0 aliphatic rings. The fourth-order valence-electron chi connectivity index (χ4n) is 1.68. The molecule has 0 saturated heterocycles. The maximum Gasteiger partial charge on any atom is 0.201 e. The molecule has 0 saturated carbocycles. The lowest BCUT2D eigenvalue weighted by Crippen LogP contribution is -1.98. The highest BCUT2D eigenvalue weighted by Gasteiger charge is 2.04. The number of ketones is 1. The molecule has 4 heteroatoms. The minimum absolute atomic E-state index is 0.0290. The summed E-state index contributed by atoms with van der Waals surface area (Å²) in [7, 11) is 0. The number of aryl methyl sites for hydroxylation is 1. The molecule has 0 aromatic carbocycles. The minimum Gasteiger partial charge on any atom is -0.359 e. The van der Waals surface area contributed by atoms with Crippen molar-refractivity contribution in [3.63, 3.8) is 0 Å². The Kier molecular flexibility index (Phi) is 3.23. The molecule has 2 aromatic heterocycles. The van der Waals surface area contributed by atoms with Crippen LogP contribution in [-0.4, -0.2) is 20.5 Å². The van der Waals surface area contributed by atoms with Gasteiger partial charge < -0.3 is 4.98 Å².